The second kappa shape index (κ2) is 10.9. The van der Waals surface area contributed by atoms with Gasteiger partial charge in [-0.1, -0.05) is 70.5 Å². The zero-order valence-electron chi connectivity index (χ0n) is 18.7. The summed E-state index contributed by atoms with van der Waals surface area (Å²) in [5.74, 6) is 0. The largest absolute Gasteiger partial charge is 1.00 e. The van der Waals surface area contributed by atoms with Crippen LogP contribution in [0.25, 0.3) is 0 Å². The average Bonchev–Trinajstić information content (AvgIpc) is 2.81. The highest BCUT2D eigenvalue weighted by atomic mass is 79.9. The minimum Gasteiger partial charge on any atom is -1.00 e. The Kier molecular flexibility index (Phi) is 8.44. The van der Waals surface area contributed by atoms with Gasteiger partial charge in [0.15, 0.2) is 0 Å². The number of hydrogen-bond acceptors (Lipinski definition) is 1. The van der Waals surface area contributed by atoms with E-state index in [0.717, 1.165) is 22.9 Å². The standard InChI is InChI=1S/C28H28BrNP.BrH/c1-21-27(19-29)22(2)30-23(3)28(21)20-31(24-13-7-4-8-14-24,25-15-9-5-10-16-25)26-17-11-6-12-18-26;/h4-18H,19-20H2,1-3H3;1H/q+1;/p-1. The molecule has 0 aliphatic carbocycles. The summed E-state index contributed by atoms with van der Waals surface area (Å²) >= 11 is 3.70. The predicted octanol–water partition coefficient (Wildman–Crippen LogP) is 3.40. The van der Waals surface area contributed by atoms with Crippen LogP contribution in [0.15, 0.2) is 91.0 Å². The Morgan fingerprint density at radius 1 is 0.625 bits per heavy atom. The monoisotopic (exact) mass is 567 g/mol. The van der Waals surface area contributed by atoms with Gasteiger partial charge < -0.3 is 17.0 Å². The number of alkyl halides is 1. The highest BCUT2D eigenvalue weighted by molar-refractivity contribution is 9.08. The van der Waals surface area contributed by atoms with Gasteiger partial charge in [-0.05, 0) is 68.3 Å². The molecule has 1 aromatic heterocycles. The minimum absolute atomic E-state index is 0. The van der Waals surface area contributed by atoms with Crippen molar-refractivity contribution in [1.82, 2.24) is 4.98 Å². The molecule has 0 saturated heterocycles. The maximum atomic E-state index is 4.96. The Hall–Kier alpha value is -1.80. The van der Waals surface area contributed by atoms with E-state index < -0.39 is 7.26 Å². The molecule has 0 fully saturated rings. The molecule has 0 bridgehead atoms. The molecular formula is C28H28Br2NP. The van der Waals surface area contributed by atoms with Crippen LogP contribution >= 0.6 is 23.2 Å². The molecule has 4 heteroatoms. The van der Waals surface area contributed by atoms with Gasteiger partial charge in [0.2, 0.25) is 0 Å². The Balaban J connectivity index is 0.00000289. The third kappa shape index (κ3) is 4.62. The lowest BCUT2D eigenvalue weighted by Crippen LogP contribution is -3.00. The van der Waals surface area contributed by atoms with Crippen LogP contribution in [0.3, 0.4) is 0 Å². The first-order valence-corrected chi connectivity index (χ1v) is 13.7. The van der Waals surface area contributed by atoms with Gasteiger partial charge in [-0.3, -0.25) is 4.98 Å². The maximum absolute atomic E-state index is 4.96. The highest BCUT2D eigenvalue weighted by Crippen LogP contribution is 2.58. The van der Waals surface area contributed by atoms with E-state index in [-0.39, 0.29) is 17.0 Å². The molecule has 0 radical (unpaired) electrons. The molecule has 1 nitrogen and oxygen atoms in total. The Morgan fingerprint density at radius 2 is 1.00 bits per heavy atom. The zero-order valence-corrected chi connectivity index (χ0v) is 22.8. The van der Waals surface area contributed by atoms with Crippen molar-refractivity contribution in [2.45, 2.75) is 32.3 Å². The summed E-state index contributed by atoms with van der Waals surface area (Å²) in [5.41, 5.74) is 6.33. The smallest absolute Gasteiger partial charge is 0.116 e. The molecule has 164 valence electrons. The average molecular weight is 569 g/mol. The number of aromatic nitrogens is 1. The molecule has 1 heterocycles. The van der Waals surface area contributed by atoms with E-state index in [1.807, 2.05) is 0 Å². The maximum Gasteiger partial charge on any atom is 0.116 e. The van der Waals surface area contributed by atoms with Gasteiger partial charge in [-0.25, -0.2) is 0 Å². The second-order valence-corrected chi connectivity index (χ2v) is 12.0. The van der Waals surface area contributed by atoms with Crippen molar-refractivity contribution in [3.05, 3.63) is 119 Å². The van der Waals surface area contributed by atoms with Crippen LogP contribution in [0.1, 0.15) is 28.1 Å². The third-order valence-electron chi connectivity index (χ3n) is 6.23. The summed E-state index contributed by atoms with van der Waals surface area (Å²) in [7, 11) is -1.93. The molecule has 3 aromatic carbocycles. The molecule has 0 aliphatic heterocycles. The molecule has 0 spiro atoms. The van der Waals surface area contributed by atoms with Crippen molar-refractivity contribution in [2.75, 3.05) is 0 Å². The summed E-state index contributed by atoms with van der Waals surface area (Å²) in [6.45, 7) is 6.56. The summed E-state index contributed by atoms with van der Waals surface area (Å²) in [4.78, 5) is 4.96. The molecule has 0 aliphatic rings. The molecule has 0 N–H and O–H groups in total. The molecule has 0 unspecified atom stereocenters. The molecule has 0 atom stereocenters. The Bertz CT molecular complexity index is 1070. The van der Waals surface area contributed by atoms with E-state index in [9.17, 15) is 0 Å². The molecule has 4 rings (SSSR count). The molecule has 4 aromatic rings. The summed E-state index contributed by atoms with van der Waals surface area (Å²) in [5, 5.41) is 5.06. The number of pyridine rings is 1. The topological polar surface area (TPSA) is 12.9 Å². The van der Waals surface area contributed by atoms with E-state index in [0.29, 0.717) is 0 Å². The summed E-state index contributed by atoms with van der Waals surface area (Å²) in [6.07, 6.45) is 0.968. The van der Waals surface area contributed by atoms with Crippen molar-refractivity contribution in [1.29, 1.82) is 0 Å². The van der Waals surface area contributed by atoms with Gasteiger partial charge in [-0.2, -0.15) is 0 Å². The van der Waals surface area contributed by atoms with Gasteiger partial charge in [0.05, 0.1) is 0 Å². The van der Waals surface area contributed by atoms with E-state index in [4.69, 9.17) is 4.98 Å². The molecule has 0 saturated carbocycles. The van der Waals surface area contributed by atoms with Crippen molar-refractivity contribution in [2.24, 2.45) is 0 Å². The van der Waals surface area contributed by atoms with Crippen molar-refractivity contribution >= 4 is 39.1 Å². The SMILES string of the molecule is Cc1nc(C)c(C[P+](c2ccccc2)(c2ccccc2)c2ccccc2)c(C)c1CBr.[Br-]. The summed E-state index contributed by atoms with van der Waals surface area (Å²) in [6, 6.07) is 33.2. The number of aryl methyl sites for hydroxylation is 2. The fraction of sp³-hybridized carbons (Fsp3) is 0.179. The molecule has 0 amide bonds. The van der Waals surface area contributed by atoms with Gasteiger partial charge in [0, 0.05) is 22.3 Å². The predicted molar refractivity (Wildman–Crippen MR) is 140 cm³/mol. The quantitative estimate of drug-likeness (QED) is 0.257. The minimum atomic E-state index is -1.93. The molecule has 32 heavy (non-hydrogen) atoms. The van der Waals surface area contributed by atoms with Crippen molar-refractivity contribution in [3.63, 3.8) is 0 Å². The lowest BCUT2D eigenvalue weighted by atomic mass is 10.0. The van der Waals surface area contributed by atoms with Crippen LogP contribution in [-0.2, 0) is 11.5 Å². The van der Waals surface area contributed by atoms with Crippen LogP contribution in [0, 0.1) is 20.8 Å². The lowest BCUT2D eigenvalue weighted by molar-refractivity contribution is -0.00000631. The first-order chi connectivity index (χ1) is 15.1. The van der Waals surface area contributed by atoms with Gasteiger partial charge in [-0.15, -0.1) is 0 Å². The number of hydrogen-bond donors (Lipinski definition) is 0. The van der Waals surface area contributed by atoms with Crippen LogP contribution in [-0.4, -0.2) is 4.98 Å². The lowest BCUT2D eigenvalue weighted by Gasteiger charge is -2.29. The zero-order chi connectivity index (χ0) is 21.8. The van der Waals surface area contributed by atoms with E-state index >= 15 is 0 Å². The van der Waals surface area contributed by atoms with Gasteiger partial charge in [0.1, 0.15) is 29.3 Å². The first-order valence-electron chi connectivity index (χ1n) is 10.6. The second-order valence-electron chi connectivity index (χ2n) is 7.97. The Morgan fingerprint density at radius 3 is 1.38 bits per heavy atom. The van der Waals surface area contributed by atoms with Crippen LogP contribution in [0.5, 0.6) is 0 Å². The Labute approximate surface area is 211 Å². The first kappa shape index (κ1) is 24.8. The highest BCUT2D eigenvalue weighted by Gasteiger charge is 2.46. The van der Waals surface area contributed by atoms with Crippen LogP contribution < -0.4 is 32.9 Å². The molecular weight excluding hydrogens is 541 g/mol. The normalized spacial score (nSPS) is 11.1. The van der Waals surface area contributed by atoms with Crippen molar-refractivity contribution < 1.29 is 17.0 Å². The van der Waals surface area contributed by atoms with Crippen LogP contribution in [0.4, 0.5) is 0 Å². The van der Waals surface area contributed by atoms with Gasteiger partial charge in [0.25, 0.3) is 0 Å². The van der Waals surface area contributed by atoms with E-state index in [2.05, 4.69) is 128 Å². The fourth-order valence-corrected chi connectivity index (χ4v) is 9.80. The van der Waals surface area contributed by atoms with Gasteiger partial charge >= 0.3 is 0 Å². The van der Waals surface area contributed by atoms with Crippen LogP contribution in [0.2, 0.25) is 0 Å². The number of nitrogens with zero attached hydrogens (tertiary/aromatic N) is 1. The van der Waals surface area contributed by atoms with E-state index in [1.165, 1.54) is 32.6 Å². The number of halogens is 2. The van der Waals surface area contributed by atoms with Crippen molar-refractivity contribution in [3.8, 4) is 0 Å². The third-order valence-corrected chi connectivity index (χ3v) is 11.1. The number of rotatable bonds is 6. The summed E-state index contributed by atoms with van der Waals surface area (Å²) < 4.78 is 0. The van der Waals surface area contributed by atoms with E-state index in [1.54, 1.807) is 0 Å². The fourth-order valence-electron chi connectivity index (χ4n) is 4.55. The number of benzene rings is 3.